The average molecular weight is 511 g/mol. The smallest absolute Gasteiger partial charge is 0.178 e. The van der Waals surface area contributed by atoms with Crippen molar-refractivity contribution in [2.75, 3.05) is 0 Å². The number of rotatable bonds is 2. The molecule has 0 bridgehead atoms. The molecule has 0 aliphatic carbocycles. The molecule has 2 nitrogen and oxygen atoms in total. The summed E-state index contributed by atoms with van der Waals surface area (Å²) in [5.41, 5.74) is 7.32. The maximum atomic E-state index is 6.45. The Labute approximate surface area is 229 Å². The minimum atomic E-state index is 0.797. The highest BCUT2D eigenvalue weighted by Gasteiger charge is 2.18. The summed E-state index contributed by atoms with van der Waals surface area (Å²) < 4.78 is 12.2. The highest BCUT2D eigenvalue weighted by molar-refractivity contribution is 6.22. The highest BCUT2D eigenvalue weighted by atomic mass is 16.4. The lowest BCUT2D eigenvalue weighted by Gasteiger charge is -2.18. The summed E-state index contributed by atoms with van der Waals surface area (Å²) in [6.07, 6.45) is 1.72. The minimum absolute atomic E-state index is 0.797. The second kappa shape index (κ2) is 8.08. The van der Waals surface area contributed by atoms with Gasteiger partial charge in [-0.1, -0.05) is 97.1 Å². The molecule has 9 rings (SSSR count). The van der Waals surface area contributed by atoms with Crippen molar-refractivity contribution in [2.45, 2.75) is 0 Å². The van der Waals surface area contributed by atoms with E-state index in [1.54, 1.807) is 6.26 Å². The SMILES string of the molecule is c1ccc2cc(-c3c4ccccc4c(-c4ccc5c(c4)oc4c5ccc5ccoc54)c4ccccc34)ccc2c1. The van der Waals surface area contributed by atoms with Gasteiger partial charge in [0, 0.05) is 16.2 Å². The molecule has 40 heavy (non-hydrogen) atoms. The third-order valence-corrected chi connectivity index (χ3v) is 8.32. The van der Waals surface area contributed by atoms with Crippen molar-refractivity contribution >= 4 is 65.2 Å². The van der Waals surface area contributed by atoms with Crippen LogP contribution in [0.5, 0.6) is 0 Å². The lowest BCUT2D eigenvalue weighted by atomic mass is 9.85. The predicted molar refractivity (Wildman–Crippen MR) is 167 cm³/mol. The summed E-state index contributed by atoms with van der Waals surface area (Å²) in [5, 5.41) is 10.7. The summed E-state index contributed by atoms with van der Waals surface area (Å²) in [6.45, 7) is 0. The second-order valence-corrected chi connectivity index (χ2v) is 10.5. The molecule has 2 heteroatoms. The van der Waals surface area contributed by atoms with E-state index >= 15 is 0 Å². The summed E-state index contributed by atoms with van der Waals surface area (Å²) in [4.78, 5) is 0. The number of fused-ring (bicyclic) bond motifs is 8. The van der Waals surface area contributed by atoms with Gasteiger partial charge in [0.2, 0.25) is 0 Å². The Morgan fingerprint density at radius 1 is 0.375 bits per heavy atom. The molecular weight excluding hydrogens is 488 g/mol. The largest absolute Gasteiger partial charge is 0.460 e. The molecule has 0 aliphatic heterocycles. The lowest BCUT2D eigenvalue weighted by Crippen LogP contribution is -1.90. The monoisotopic (exact) mass is 510 g/mol. The predicted octanol–water partition coefficient (Wildman–Crippen LogP) is 11.1. The van der Waals surface area contributed by atoms with Crippen molar-refractivity contribution in [3.05, 3.63) is 134 Å². The van der Waals surface area contributed by atoms with E-state index < -0.39 is 0 Å². The number of hydrogen-bond acceptors (Lipinski definition) is 2. The molecule has 0 atom stereocenters. The van der Waals surface area contributed by atoms with Crippen molar-refractivity contribution in [3.8, 4) is 22.3 Å². The summed E-state index contributed by atoms with van der Waals surface area (Å²) in [6, 6.07) is 45.7. The summed E-state index contributed by atoms with van der Waals surface area (Å²) in [5.74, 6) is 0. The Bertz CT molecular complexity index is 2380. The maximum Gasteiger partial charge on any atom is 0.178 e. The van der Waals surface area contributed by atoms with Crippen molar-refractivity contribution in [1.29, 1.82) is 0 Å². The van der Waals surface area contributed by atoms with Crippen LogP contribution in [0.1, 0.15) is 0 Å². The number of furan rings is 2. The topological polar surface area (TPSA) is 26.3 Å². The van der Waals surface area contributed by atoms with Gasteiger partial charge in [-0.25, -0.2) is 0 Å². The molecule has 0 unspecified atom stereocenters. The lowest BCUT2D eigenvalue weighted by molar-refractivity contribution is 0.600. The van der Waals surface area contributed by atoms with Crippen LogP contribution < -0.4 is 0 Å². The van der Waals surface area contributed by atoms with Crippen LogP contribution in [0, 0.1) is 0 Å². The normalized spacial score (nSPS) is 12.0. The van der Waals surface area contributed by atoms with Gasteiger partial charge in [-0.15, -0.1) is 0 Å². The number of benzene rings is 7. The van der Waals surface area contributed by atoms with Crippen LogP contribution in [0.15, 0.2) is 142 Å². The molecule has 0 radical (unpaired) electrons. The van der Waals surface area contributed by atoms with Crippen LogP contribution in [-0.4, -0.2) is 0 Å². The molecule has 0 amide bonds. The van der Waals surface area contributed by atoms with E-state index in [0.717, 1.165) is 38.5 Å². The second-order valence-electron chi connectivity index (χ2n) is 10.5. The Hall–Kier alpha value is -5.34. The van der Waals surface area contributed by atoms with Crippen LogP contribution in [0.3, 0.4) is 0 Å². The minimum Gasteiger partial charge on any atom is -0.460 e. The van der Waals surface area contributed by atoms with Gasteiger partial charge < -0.3 is 8.83 Å². The quantitative estimate of drug-likeness (QED) is 0.216. The van der Waals surface area contributed by atoms with Gasteiger partial charge >= 0.3 is 0 Å². The van der Waals surface area contributed by atoms with Crippen molar-refractivity contribution in [3.63, 3.8) is 0 Å². The first-order valence-corrected chi connectivity index (χ1v) is 13.6. The molecule has 0 saturated heterocycles. The zero-order valence-electron chi connectivity index (χ0n) is 21.5. The maximum absolute atomic E-state index is 6.45. The van der Waals surface area contributed by atoms with Gasteiger partial charge in [-0.2, -0.15) is 0 Å². The van der Waals surface area contributed by atoms with E-state index in [9.17, 15) is 0 Å². The van der Waals surface area contributed by atoms with Gasteiger partial charge in [0.15, 0.2) is 11.2 Å². The van der Waals surface area contributed by atoms with Gasteiger partial charge in [0.1, 0.15) is 5.58 Å². The Morgan fingerprint density at radius 2 is 0.950 bits per heavy atom. The van der Waals surface area contributed by atoms with E-state index in [-0.39, 0.29) is 0 Å². The fourth-order valence-corrected chi connectivity index (χ4v) is 6.51. The molecule has 2 aromatic heterocycles. The van der Waals surface area contributed by atoms with Gasteiger partial charge in [0.05, 0.1) is 6.26 Å². The van der Waals surface area contributed by atoms with Gasteiger partial charge in [-0.3, -0.25) is 0 Å². The molecular formula is C38H22O2. The van der Waals surface area contributed by atoms with E-state index in [1.807, 2.05) is 6.07 Å². The van der Waals surface area contributed by atoms with Crippen LogP contribution in [-0.2, 0) is 0 Å². The van der Waals surface area contributed by atoms with E-state index in [1.165, 1.54) is 49.0 Å². The van der Waals surface area contributed by atoms with Crippen LogP contribution in [0.4, 0.5) is 0 Å². The molecule has 9 aromatic rings. The molecule has 7 aromatic carbocycles. The number of hydrogen-bond donors (Lipinski definition) is 0. The zero-order valence-corrected chi connectivity index (χ0v) is 21.5. The van der Waals surface area contributed by atoms with Crippen LogP contribution in [0.25, 0.3) is 87.5 Å². The standard InChI is InChI=1S/C38H22O2/c1-2-8-25-21-26(14-13-23(25)7-1)35-29-9-3-5-11-31(29)36(32-12-6-4-10-30(32)35)27-16-17-28-33-18-15-24-19-20-39-37(24)38(33)40-34(28)22-27/h1-22H. The first kappa shape index (κ1) is 21.6. The van der Waals surface area contributed by atoms with Gasteiger partial charge in [-0.05, 0) is 84.9 Å². The molecule has 2 heterocycles. The summed E-state index contributed by atoms with van der Waals surface area (Å²) >= 11 is 0. The molecule has 186 valence electrons. The van der Waals surface area contributed by atoms with Gasteiger partial charge in [0.25, 0.3) is 0 Å². The average Bonchev–Trinajstić information content (AvgIpc) is 3.64. The van der Waals surface area contributed by atoms with E-state index in [2.05, 4.69) is 121 Å². The van der Waals surface area contributed by atoms with E-state index in [0.29, 0.717) is 0 Å². The first-order chi connectivity index (χ1) is 19.8. The molecule has 0 N–H and O–H groups in total. The Balaban J connectivity index is 1.36. The zero-order chi connectivity index (χ0) is 26.2. The molecule has 0 fully saturated rings. The fourth-order valence-electron chi connectivity index (χ4n) is 6.51. The molecule has 0 aliphatic rings. The van der Waals surface area contributed by atoms with Crippen molar-refractivity contribution in [1.82, 2.24) is 0 Å². The van der Waals surface area contributed by atoms with Crippen molar-refractivity contribution < 1.29 is 8.83 Å². The fraction of sp³-hybridized carbons (Fsp3) is 0. The first-order valence-electron chi connectivity index (χ1n) is 13.6. The molecule has 0 saturated carbocycles. The van der Waals surface area contributed by atoms with Crippen molar-refractivity contribution in [2.24, 2.45) is 0 Å². The van der Waals surface area contributed by atoms with Crippen LogP contribution >= 0.6 is 0 Å². The summed E-state index contributed by atoms with van der Waals surface area (Å²) in [7, 11) is 0. The third-order valence-electron chi connectivity index (χ3n) is 8.32. The third kappa shape index (κ3) is 2.99. The van der Waals surface area contributed by atoms with Crippen LogP contribution in [0.2, 0.25) is 0 Å². The molecule has 0 spiro atoms. The highest BCUT2D eigenvalue weighted by Crippen LogP contribution is 2.45. The Morgan fingerprint density at radius 3 is 1.68 bits per heavy atom. The van der Waals surface area contributed by atoms with E-state index in [4.69, 9.17) is 8.83 Å². The Kier molecular flexibility index (Phi) is 4.36.